The number of aromatic nitrogens is 2. The molecule has 110 valence electrons. The van der Waals surface area contributed by atoms with Gasteiger partial charge in [-0.15, -0.1) is 0 Å². The SMILES string of the molecule is CC(C)c1noc(C2CN(C(=O)CC3CCCC3)C2)n1. The second-order valence-corrected chi connectivity index (χ2v) is 6.50. The highest BCUT2D eigenvalue weighted by molar-refractivity contribution is 5.77. The molecule has 0 N–H and O–H groups in total. The van der Waals surface area contributed by atoms with Crippen LogP contribution in [0.3, 0.4) is 0 Å². The predicted molar refractivity (Wildman–Crippen MR) is 74.3 cm³/mol. The standard InChI is InChI=1S/C15H23N3O2/c1-10(2)14-16-15(20-17-14)12-8-18(9-12)13(19)7-11-5-3-4-6-11/h10-12H,3-9H2,1-2H3. The van der Waals surface area contributed by atoms with Gasteiger partial charge < -0.3 is 9.42 Å². The first-order valence-corrected chi connectivity index (χ1v) is 7.74. The second kappa shape index (κ2) is 5.54. The van der Waals surface area contributed by atoms with Crippen molar-refractivity contribution in [2.75, 3.05) is 13.1 Å². The van der Waals surface area contributed by atoms with E-state index in [1.165, 1.54) is 25.7 Å². The molecule has 0 atom stereocenters. The van der Waals surface area contributed by atoms with Gasteiger partial charge in [0.15, 0.2) is 5.82 Å². The topological polar surface area (TPSA) is 59.2 Å². The smallest absolute Gasteiger partial charge is 0.233 e. The normalized spacial score (nSPS) is 20.6. The van der Waals surface area contributed by atoms with E-state index in [1.54, 1.807) is 0 Å². The zero-order valence-corrected chi connectivity index (χ0v) is 12.3. The Morgan fingerprint density at radius 2 is 2.05 bits per heavy atom. The van der Waals surface area contributed by atoms with Crippen molar-refractivity contribution in [1.82, 2.24) is 15.0 Å². The zero-order chi connectivity index (χ0) is 14.1. The van der Waals surface area contributed by atoms with Gasteiger partial charge in [-0.05, 0) is 18.8 Å². The molecule has 1 saturated carbocycles. The number of nitrogens with zero attached hydrogens (tertiary/aromatic N) is 3. The third kappa shape index (κ3) is 2.72. The molecule has 0 spiro atoms. The third-order valence-corrected chi connectivity index (χ3v) is 4.50. The molecule has 0 radical (unpaired) electrons. The Bertz CT molecular complexity index is 471. The maximum absolute atomic E-state index is 12.1. The Balaban J connectivity index is 1.48. The predicted octanol–water partition coefficient (Wildman–Crippen LogP) is 2.70. The van der Waals surface area contributed by atoms with Crippen molar-refractivity contribution in [3.63, 3.8) is 0 Å². The number of hydrogen-bond acceptors (Lipinski definition) is 4. The Morgan fingerprint density at radius 3 is 2.65 bits per heavy atom. The van der Waals surface area contributed by atoms with Crippen molar-refractivity contribution >= 4 is 5.91 Å². The lowest BCUT2D eigenvalue weighted by atomic mass is 9.96. The van der Waals surface area contributed by atoms with Gasteiger partial charge in [-0.1, -0.05) is 31.8 Å². The van der Waals surface area contributed by atoms with Crippen LogP contribution in [0.15, 0.2) is 4.52 Å². The molecule has 20 heavy (non-hydrogen) atoms. The molecular weight excluding hydrogens is 254 g/mol. The van der Waals surface area contributed by atoms with Gasteiger partial charge in [0.05, 0.1) is 5.92 Å². The van der Waals surface area contributed by atoms with Crippen LogP contribution >= 0.6 is 0 Å². The number of hydrogen-bond donors (Lipinski definition) is 0. The van der Waals surface area contributed by atoms with E-state index in [4.69, 9.17) is 4.52 Å². The Morgan fingerprint density at radius 1 is 1.35 bits per heavy atom. The summed E-state index contributed by atoms with van der Waals surface area (Å²) in [6.45, 7) is 5.58. The summed E-state index contributed by atoms with van der Waals surface area (Å²) in [5, 5.41) is 3.98. The number of likely N-dealkylation sites (tertiary alicyclic amines) is 1. The molecule has 1 aliphatic carbocycles. The lowest BCUT2D eigenvalue weighted by Crippen LogP contribution is -2.48. The monoisotopic (exact) mass is 277 g/mol. The largest absolute Gasteiger partial charge is 0.341 e. The second-order valence-electron chi connectivity index (χ2n) is 6.50. The molecule has 1 aliphatic heterocycles. The van der Waals surface area contributed by atoms with Crippen LogP contribution in [0.2, 0.25) is 0 Å². The van der Waals surface area contributed by atoms with E-state index in [9.17, 15) is 4.79 Å². The van der Waals surface area contributed by atoms with E-state index in [2.05, 4.69) is 10.1 Å². The lowest BCUT2D eigenvalue weighted by Gasteiger charge is -2.37. The summed E-state index contributed by atoms with van der Waals surface area (Å²) in [6.07, 6.45) is 5.77. The molecule has 1 aromatic rings. The van der Waals surface area contributed by atoms with Crippen LogP contribution in [0.25, 0.3) is 0 Å². The van der Waals surface area contributed by atoms with Crippen LogP contribution in [0, 0.1) is 5.92 Å². The van der Waals surface area contributed by atoms with Crippen LogP contribution in [0.5, 0.6) is 0 Å². The first-order chi connectivity index (χ1) is 9.63. The quantitative estimate of drug-likeness (QED) is 0.849. The summed E-state index contributed by atoms with van der Waals surface area (Å²) in [6, 6.07) is 0. The van der Waals surface area contributed by atoms with Gasteiger partial charge in [0, 0.05) is 25.4 Å². The van der Waals surface area contributed by atoms with Gasteiger partial charge in [-0.3, -0.25) is 4.79 Å². The molecule has 5 nitrogen and oxygen atoms in total. The molecule has 5 heteroatoms. The summed E-state index contributed by atoms with van der Waals surface area (Å²) in [4.78, 5) is 18.5. The minimum atomic E-state index is 0.238. The minimum absolute atomic E-state index is 0.238. The van der Waals surface area contributed by atoms with E-state index >= 15 is 0 Å². The van der Waals surface area contributed by atoms with E-state index in [-0.39, 0.29) is 11.8 Å². The number of carbonyl (C=O) groups is 1. The van der Waals surface area contributed by atoms with Gasteiger partial charge >= 0.3 is 0 Å². The van der Waals surface area contributed by atoms with Crippen LogP contribution in [-0.4, -0.2) is 34.0 Å². The van der Waals surface area contributed by atoms with Crippen molar-refractivity contribution in [2.24, 2.45) is 5.92 Å². The highest BCUT2D eigenvalue weighted by Gasteiger charge is 2.36. The highest BCUT2D eigenvalue weighted by Crippen LogP contribution is 2.31. The van der Waals surface area contributed by atoms with Crippen molar-refractivity contribution in [2.45, 2.75) is 57.8 Å². The molecule has 0 unspecified atom stereocenters. The fourth-order valence-corrected chi connectivity index (χ4v) is 3.08. The average molecular weight is 277 g/mol. The van der Waals surface area contributed by atoms with Crippen molar-refractivity contribution in [3.05, 3.63) is 11.7 Å². The Hall–Kier alpha value is -1.39. The summed E-state index contributed by atoms with van der Waals surface area (Å²) in [5.74, 6) is 2.90. The zero-order valence-electron chi connectivity index (χ0n) is 12.3. The maximum atomic E-state index is 12.1. The van der Waals surface area contributed by atoms with E-state index < -0.39 is 0 Å². The summed E-state index contributed by atoms with van der Waals surface area (Å²) in [7, 11) is 0. The van der Waals surface area contributed by atoms with Gasteiger partial charge in [-0.25, -0.2) is 0 Å². The molecule has 1 aromatic heterocycles. The first kappa shape index (κ1) is 13.6. The van der Waals surface area contributed by atoms with E-state index in [0.29, 0.717) is 17.7 Å². The van der Waals surface area contributed by atoms with E-state index in [1.807, 2.05) is 18.7 Å². The number of rotatable bonds is 4. The molecule has 2 aliphatic rings. The van der Waals surface area contributed by atoms with Crippen LogP contribution in [0.1, 0.15) is 69.5 Å². The number of amides is 1. The fraction of sp³-hybridized carbons (Fsp3) is 0.800. The lowest BCUT2D eigenvalue weighted by molar-refractivity contribution is -0.137. The molecular formula is C15H23N3O2. The summed E-state index contributed by atoms with van der Waals surface area (Å²) >= 11 is 0. The molecule has 1 amide bonds. The maximum Gasteiger partial charge on any atom is 0.233 e. The fourth-order valence-electron chi connectivity index (χ4n) is 3.08. The molecule has 3 rings (SSSR count). The van der Waals surface area contributed by atoms with Gasteiger partial charge in [0.1, 0.15) is 0 Å². The molecule has 2 fully saturated rings. The van der Waals surface area contributed by atoms with Crippen LogP contribution in [0.4, 0.5) is 0 Å². The van der Waals surface area contributed by atoms with Crippen LogP contribution < -0.4 is 0 Å². The average Bonchev–Trinajstić information content (AvgIpc) is 2.97. The Kier molecular flexibility index (Phi) is 3.76. The van der Waals surface area contributed by atoms with E-state index in [0.717, 1.165) is 25.3 Å². The Labute approximate surface area is 119 Å². The molecule has 0 bridgehead atoms. The van der Waals surface area contributed by atoms with Crippen molar-refractivity contribution in [3.8, 4) is 0 Å². The van der Waals surface area contributed by atoms with Gasteiger partial charge in [-0.2, -0.15) is 4.98 Å². The summed E-state index contributed by atoms with van der Waals surface area (Å²) in [5.41, 5.74) is 0. The number of carbonyl (C=O) groups excluding carboxylic acids is 1. The third-order valence-electron chi connectivity index (χ3n) is 4.50. The molecule has 0 aromatic carbocycles. The van der Waals surface area contributed by atoms with Crippen molar-refractivity contribution in [1.29, 1.82) is 0 Å². The highest BCUT2D eigenvalue weighted by atomic mass is 16.5. The minimum Gasteiger partial charge on any atom is -0.341 e. The van der Waals surface area contributed by atoms with Gasteiger partial charge in [0.2, 0.25) is 11.8 Å². The van der Waals surface area contributed by atoms with Gasteiger partial charge in [0.25, 0.3) is 0 Å². The van der Waals surface area contributed by atoms with Crippen LogP contribution in [-0.2, 0) is 4.79 Å². The summed E-state index contributed by atoms with van der Waals surface area (Å²) < 4.78 is 5.29. The molecule has 2 heterocycles. The van der Waals surface area contributed by atoms with Crippen molar-refractivity contribution < 1.29 is 9.32 Å². The molecule has 1 saturated heterocycles. The first-order valence-electron chi connectivity index (χ1n) is 7.74.